The molecule has 1 aromatic heterocycles. The molecule has 226 valence electrons. The van der Waals surface area contributed by atoms with Crippen molar-refractivity contribution >= 4 is 10.1 Å². The highest BCUT2D eigenvalue weighted by Crippen LogP contribution is 2.42. The van der Waals surface area contributed by atoms with Crippen molar-refractivity contribution in [1.29, 1.82) is 0 Å². The molecule has 9 nitrogen and oxygen atoms in total. The van der Waals surface area contributed by atoms with Crippen LogP contribution in [0.25, 0.3) is 0 Å². The molecule has 1 N–H and O–H groups in total. The Morgan fingerprint density at radius 2 is 1.37 bits per heavy atom. The summed E-state index contributed by atoms with van der Waals surface area (Å²) in [5, 5.41) is 0. The van der Waals surface area contributed by atoms with Gasteiger partial charge in [0.05, 0.1) is 12.9 Å². The first-order valence-corrected chi connectivity index (χ1v) is 15.0. The number of ether oxygens (including phenoxy) is 2. The van der Waals surface area contributed by atoms with Crippen molar-refractivity contribution in [2.24, 2.45) is 0 Å². The average Bonchev–Trinajstić information content (AvgIpc) is 3.35. The van der Waals surface area contributed by atoms with Crippen LogP contribution in [0.4, 0.5) is 13.2 Å². The van der Waals surface area contributed by atoms with Gasteiger partial charge in [-0.1, -0.05) is 91.0 Å². The van der Waals surface area contributed by atoms with Gasteiger partial charge in [-0.3, -0.25) is 18.5 Å². The molecular formula is C30H27F3N2O7S. The topological polar surface area (TPSA) is 117 Å². The monoisotopic (exact) mass is 616 g/mol. The third kappa shape index (κ3) is 6.49. The summed E-state index contributed by atoms with van der Waals surface area (Å²) in [6, 6.07) is 27.9. The number of aromatic nitrogens is 2. The van der Waals surface area contributed by atoms with E-state index in [0.29, 0.717) is 10.8 Å². The fraction of sp³-hybridized carbons (Fsp3) is 0.267. The molecule has 1 aliphatic heterocycles. The molecule has 0 radical (unpaired) electrons. The van der Waals surface area contributed by atoms with Crippen molar-refractivity contribution in [3.63, 3.8) is 0 Å². The van der Waals surface area contributed by atoms with E-state index in [-0.39, 0.29) is 13.0 Å². The molecule has 1 saturated heterocycles. The number of halogens is 3. The molecule has 0 spiro atoms. The van der Waals surface area contributed by atoms with E-state index in [4.69, 9.17) is 13.7 Å². The second-order valence-electron chi connectivity index (χ2n) is 10.0. The lowest BCUT2D eigenvalue weighted by atomic mass is 9.80. The minimum atomic E-state index is -5.05. The second-order valence-corrected chi connectivity index (χ2v) is 11.6. The Bertz CT molecular complexity index is 1680. The normalized spacial score (nSPS) is 19.4. The average molecular weight is 617 g/mol. The Morgan fingerprint density at radius 1 is 0.884 bits per heavy atom. The van der Waals surface area contributed by atoms with E-state index in [9.17, 15) is 31.2 Å². The summed E-state index contributed by atoms with van der Waals surface area (Å²) in [6.45, 7) is -0.292. The molecular weight excluding hydrogens is 589 g/mol. The summed E-state index contributed by atoms with van der Waals surface area (Å²) in [4.78, 5) is 26.0. The summed E-state index contributed by atoms with van der Waals surface area (Å²) >= 11 is 0. The lowest BCUT2D eigenvalue weighted by molar-refractivity contribution is -0.139. The SMILES string of the molecule is CS(=O)(=O)O[C@H]1C[C@H](n2cc(C(F)(F)F)c(=O)[nH]c2=O)O[C@@H]1COC(c1ccccc1)(c1ccccc1)c1ccccc1. The van der Waals surface area contributed by atoms with Crippen LogP contribution in [0.5, 0.6) is 0 Å². The zero-order chi connectivity index (χ0) is 30.8. The van der Waals surface area contributed by atoms with Gasteiger partial charge in [-0.2, -0.15) is 21.6 Å². The largest absolute Gasteiger partial charge is 0.423 e. The van der Waals surface area contributed by atoms with Crippen LogP contribution in [0.1, 0.15) is 34.9 Å². The Hall–Kier alpha value is -4.04. The zero-order valence-electron chi connectivity index (χ0n) is 22.7. The van der Waals surface area contributed by atoms with Crippen LogP contribution in [-0.2, 0) is 35.6 Å². The number of nitrogens with one attached hydrogen (secondary N) is 1. The lowest BCUT2D eigenvalue weighted by Gasteiger charge is -2.37. The number of aromatic amines is 1. The highest BCUT2D eigenvalue weighted by molar-refractivity contribution is 7.86. The maximum Gasteiger partial charge on any atom is 0.423 e. The van der Waals surface area contributed by atoms with Crippen molar-refractivity contribution in [3.8, 4) is 0 Å². The van der Waals surface area contributed by atoms with Gasteiger partial charge in [0.1, 0.15) is 29.6 Å². The van der Waals surface area contributed by atoms with Gasteiger partial charge in [-0.25, -0.2) is 4.79 Å². The van der Waals surface area contributed by atoms with Gasteiger partial charge in [0.25, 0.3) is 15.7 Å². The standard InChI is InChI=1S/C30H27F3N2O7S/c1-43(38,39)42-24-17-26(35-18-23(30(31,32)33)27(36)34-28(35)37)41-25(24)19-40-29(20-11-5-2-6-12-20,21-13-7-3-8-14-21)22-15-9-4-10-16-22/h2-16,18,24-26H,17,19H2,1H3,(H,34,36,37)/t24-,25+,26+/m0/s1. The molecule has 43 heavy (non-hydrogen) atoms. The number of hydrogen-bond donors (Lipinski definition) is 1. The van der Waals surface area contributed by atoms with Crippen molar-refractivity contribution in [2.75, 3.05) is 12.9 Å². The number of hydrogen-bond acceptors (Lipinski definition) is 7. The molecule has 5 rings (SSSR count). The molecule has 4 aromatic rings. The van der Waals surface area contributed by atoms with E-state index in [1.165, 1.54) is 0 Å². The van der Waals surface area contributed by atoms with Crippen LogP contribution in [-0.4, -0.2) is 43.0 Å². The highest BCUT2D eigenvalue weighted by atomic mass is 32.2. The second kappa shape index (κ2) is 11.9. The molecule has 0 amide bonds. The van der Waals surface area contributed by atoms with Crippen molar-refractivity contribution in [2.45, 2.75) is 36.6 Å². The van der Waals surface area contributed by atoms with E-state index in [1.807, 2.05) is 91.0 Å². The fourth-order valence-electron chi connectivity index (χ4n) is 5.22. The first-order chi connectivity index (χ1) is 20.4. The Morgan fingerprint density at radius 3 is 1.81 bits per heavy atom. The van der Waals surface area contributed by atoms with E-state index in [2.05, 4.69) is 0 Å². The predicted molar refractivity (Wildman–Crippen MR) is 150 cm³/mol. The molecule has 0 aliphatic carbocycles. The maximum atomic E-state index is 13.5. The first-order valence-electron chi connectivity index (χ1n) is 13.2. The van der Waals surface area contributed by atoms with Gasteiger partial charge in [0, 0.05) is 12.6 Å². The molecule has 13 heteroatoms. The smallest absolute Gasteiger partial charge is 0.358 e. The van der Waals surface area contributed by atoms with Crippen LogP contribution in [0, 0.1) is 0 Å². The number of rotatable bonds is 9. The predicted octanol–water partition coefficient (Wildman–Crippen LogP) is 4.20. The van der Waals surface area contributed by atoms with Crippen LogP contribution >= 0.6 is 0 Å². The van der Waals surface area contributed by atoms with Crippen LogP contribution in [0.15, 0.2) is 107 Å². The third-order valence-corrected chi connectivity index (χ3v) is 7.66. The molecule has 3 atom stereocenters. The fourth-order valence-corrected chi connectivity index (χ4v) is 5.88. The minimum Gasteiger partial charge on any atom is -0.358 e. The number of benzene rings is 3. The van der Waals surface area contributed by atoms with Crippen molar-refractivity contribution in [1.82, 2.24) is 9.55 Å². The quantitative estimate of drug-likeness (QED) is 0.221. The molecule has 1 fully saturated rings. The number of alkyl halides is 3. The van der Waals surface area contributed by atoms with Gasteiger partial charge < -0.3 is 9.47 Å². The number of H-pyrrole nitrogens is 1. The van der Waals surface area contributed by atoms with Crippen LogP contribution in [0.2, 0.25) is 0 Å². The van der Waals surface area contributed by atoms with E-state index >= 15 is 0 Å². The minimum absolute atomic E-state index is 0.292. The molecule has 0 saturated carbocycles. The molecule has 3 aromatic carbocycles. The van der Waals surface area contributed by atoms with Crippen molar-refractivity contribution in [3.05, 3.63) is 140 Å². The summed E-state index contributed by atoms with van der Waals surface area (Å²) in [6.07, 6.45) is -7.96. The molecule has 1 aliphatic rings. The lowest BCUT2D eigenvalue weighted by Crippen LogP contribution is -2.39. The molecule has 0 bridgehead atoms. The Labute approximate surface area is 244 Å². The summed E-state index contributed by atoms with van der Waals surface area (Å²) in [5.41, 5.74) is -3.35. The van der Waals surface area contributed by atoms with Gasteiger partial charge in [0.15, 0.2) is 0 Å². The van der Waals surface area contributed by atoms with E-state index in [0.717, 1.165) is 22.9 Å². The Balaban J connectivity index is 1.56. The maximum absolute atomic E-state index is 13.5. The van der Waals surface area contributed by atoms with Crippen LogP contribution < -0.4 is 11.2 Å². The van der Waals surface area contributed by atoms with E-state index < -0.39 is 57.1 Å². The van der Waals surface area contributed by atoms with Crippen molar-refractivity contribution < 1.29 is 35.2 Å². The third-order valence-electron chi connectivity index (χ3n) is 7.07. The molecule has 0 unspecified atom stereocenters. The van der Waals surface area contributed by atoms with Gasteiger partial charge in [-0.05, 0) is 16.7 Å². The molecule has 2 heterocycles. The number of nitrogens with zero attached hydrogens (tertiary/aromatic N) is 1. The van der Waals surface area contributed by atoms with Gasteiger partial charge in [0.2, 0.25) is 0 Å². The summed E-state index contributed by atoms with van der Waals surface area (Å²) in [5.74, 6) is 0. The van der Waals surface area contributed by atoms with Gasteiger partial charge in [-0.15, -0.1) is 0 Å². The van der Waals surface area contributed by atoms with Crippen LogP contribution in [0.3, 0.4) is 0 Å². The summed E-state index contributed by atoms with van der Waals surface area (Å²) < 4.78 is 83.2. The zero-order valence-corrected chi connectivity index (χ0v) is 23.5. The van der Waals surface area contributed by atoms with E-state index in [1.54, 1.807) is 4.98 Å². The highest BCUT2D eigenvalue weighted by Gasteiger charge is 2.44. The summed E-state index contributed by atoms with van der Waals surface area (Å²) in [7, 11) is -4.07. The Kier molecular flexibility index (Phi) is 8.43. The van der Waals surface area contributed by atoms with Gasteiger partial charge >= 0.3 is 11.9 Å². The first kappa shape index (κ1) is 30.4.